The smallest absolute Gasteiger partial charge is 0.202 e. The Balaban J connectivity index is 1.89. The van der Waals surface area contributed by atoms with Crippen molar-refractivity contribution in [1.29, 1.82) is 0 Å². The van der Waals surface area contributed by atoms with Gasteiger partial charge in [0.2, 0.25) is 5.05 Å². The summed E-state index contributed by atoms with van der Waals surface area (Å²) in [5.41, 5.74) is 2.28. The van der Waals surface area contributed by atoms with Crippen LogP contribution in [-0.4, -0.2) is 14.6 Å². The lowest BCUT2D eigenvalue weighted by atomic mass is 10.1. The van der Waals surface area contributed by atoms with Gasteiger partial charge in [-0.05, 0) is 47.8 Å². The lowest BCUT2D eigenvalue weighted by Crippen LogP contribution is -2.16. The summed E-state index contributed by atoms with van der Waals surface area (Å²) in [6, 6.07) is 8.19. The maximum Gasteiger partial charge on any atom is 0.202 e. The Labute approximate surface area is 173 Å². The molecule has 2 heterocycles. The molecule has 1 atom stereocenters. The first-order chi connectivity index (χ1) is 12.1. The van der Waals surface area contributed by atoms with Crippen LogP contribution in [0.25, 0.3) is 0 Å². The van der Waals surface area contributed by atoms with Gasteiger partial charge in [-0.25, -0.2) is 4.98 Å². The van der Waals surface area contributed by atoms with Gasteiger partial charge in [0, 0.05) is 26.9 Å². The molecule has 1 aromatic carbocycles. The Morgan fingerprint density at radius 1 is 1.36 bits per heavy atom. The van der Waals surface area contributed by atoms with Crippen molar-refractivity contribution in [3.63, 3.8) is 0 Å². The van der Waals surface area contributed by atoms with E-state index in [1.165, 1.54) is 5.56 Å². The molecule has 0 saturated carbocycles. The molecular formula is C18H16Br2N2OS2. The Morgan fingerprint density at radius 2 is 2.20 bits per heavy atom. The van der Waals surface area contributed by atoms with Gasteiger partial charge >= 0.3 is 0 Å². The Morgan fingerprint density at radius 3 is 2.88 bits per heavy atom. The van der Waals surface area contributed by atoms with E-state index in [4.69, 9.17) is 17.0 Å². The number of thiocarbonyl (C=S) groups is 1. The maximum absolute atomic E-state index is 6.27. The van der Waals surface area contributed by atoms with Crippen molar-refractivity contribution in [3.8, 4) is 0 Å². The zero-order chi connectivity index (χ0) is 17.8. The highest BCUT2D eigenvalue weighted by atomic mass is 79.9. The average Bonchev–Trinajstić information content (AvgIpc) is 3.25. The normalized spacial score (nSPS) is 12.1. The summed E-state index contributed by atoms with van der Waals surface area (Å²) in [5.74, 6) is 0. The Hall–Kier alpha value is -1.02. The van der Waals surface area contributed by atoms with E-state index in [0.717, 1.165) is 25.8 Å². The van der Waals surface area contributed by atoms with Crippen molar-refractivity contribution in [2.45, 2.75) is 26.0 Å². The topological polar surface area (TPSA) is 27.1 Å². The third kappa shape index (κ3) is 4.58. The van der Waals surface area contributed by atoms with E-state index in [1.54, 1.807) is 23.9 Å². The molecule has 0 aliphatic heterocycles. The molecule has 0 bridgehead atoms. The number of benzene rings is 1. The monoisotopic (exact) mass is 498 g/mol. The molecule has 0 radical (unpaired) electrons. The number of aryl methyl sites for hydroxylation is 1. The summed E-state index contributed by atoms with van der Waals surface area (Å²) in [6.07, 6.45) is 6.21. The first kappa shape index (κ1) is 18.8. The molecule has 0 aliphatic carbocycles. The number of nitrogens with zero attached hydrogens (tertiary/aromatic N) is 2. The molecule has 0 spiro atoms. The Kier molecular flexibility index (Phi) is 6.44. The number of halogens is 2. The van der Waals surface area contributed by atoms with Gasteiger partial charge in [-0.2, -0.15) is 0 Å². The Bertz CT molecular complexity index is 862. The summed E-state index contributed by atoms with van der Waals surface area (Å²) in [7, 11) is 0. The first-order valence-corrected chi connectivity index (χ1v) is 10.6. The minimum Gasteiger partial charge on any atom is -0.472 e. The van der Waals surface area contributed by atoms with Gasteiger partial charge in [-0.3, -0.25) is 0 Å². The summed E-state index contributed by atoms with van der Waals surface area (Å²) in [5, 5.41) is 2.61. The fraction of sp³-hybridized carbons (Fsp3) is 0.222. The molecule has 3 nitrogen and oxygen atoms in total. The van der Waals surface area contributed by atoms with Gasteiger partial charge in [-0.1, -0.05) is 44.8 Å². The fourth-order valence-corrected chi connectivity index (χ4v) is 5.09. The van der Waals surface area contributed by atoms with E-state index in [2.05, 4.69) is 55.2 Å². The molecule has 0 amide bonds. The molecule has 0 N–H and O–H groups in total. The molecular weight excluding hydrogens is 484 g/mol. The third-order valence-corrected chi connectivity index (χ3v) is 6.37. The van der Waals surface area contributed by atoms with E-state index >= 15 is 0 Å². The number of rotatable bonds is 6. The SMILES string of the molecule is CCc1ccsc1C(=S)OC(Cn1ccnc1)c1ccc(Br)cc1Br. The van der Waals surface area contributed by atoms with Crippen LogP contribution in [0.4, 0.5) is 0 Å². The molecule has 2 aromatic heterocycles. The zero-order valence-corrected chi connectivity index (χ0v) is 18.3. The summed E-state index contributed by atoms with van der Waals surface area (Å²) in [6.45, 7) is 2.76. The van der Waals surface area contributed by atoms with Crippen LogP contribution in [0.5, 0.6) is 0 Å². The van der Waals surface area contributed by atoms with Crippen LogP contribution in [0.1, 0.15) is 29.0 Å². The van der Waals surface area contributed by atoms with Gasteiger partial charge in [0.1, 0.15) is 6.10 Å². The fourth-order valence-electron chi connectivity index (χ4n) is 2.52. The van der Waals surface area contributed by atoms with Gasteiger partial charge in [0.25, 0.3) is 0 Å². The minimum atomic E-state index is -0.212. The summed E-state index contributed by atoms with van der Waals surface area (Å²) < 4.78 is 10.3. The van der Waals surface area contributed by atoms with Crippen LogP contribution in [0, 0.1) is 0 Å². The van der Waals surface area contributed by atoms with Crippen molar-refractivity contribution < 1.29 is 4.74 Å². The molecule has 130 valence electrons. The number of hydrogen-bond donors (Lipinski definition) is 0. The molecule has 7 heteroatoms. The molecule has 3 aromatic rings. The molecule has 0 saturated heterocycles. The van der Waals surface area contributed by atoms with Crippen molar-refractivity contribution in [2.75, 3.05) is 0 Å². The lowest BCUT2D eigenvalue weighted by Gasteiger charge is -2.22. The van der Waals surface area contributed by atoms with Gasteiger partial charge in [-0.15, -0.1) is 11.3 Å². The summed E-state index contributed by atoms with van der Waals surface area (Å²) >= 11 is 14.4. The highest BCUT2D eigenvalue weighted by Gasteiger charge is 2.21. The number of imidazole rings is 1. The number of ether oxygens (including phenoxy) is 1. The number of aromatic nitrogens is 2. The van der Waals surface area contributed by atoms with Crippen molar-refractivity contribution in [3.05, 3.63) is 73.3 Å². The highest BCUT2D eigenvalue weighted by Crippen LogP contribution is 2.32. The summed E-state index contributed by atoms with van der Waals surface area (Å²) in [4.78, 5) is 5.16. The molecule has 3 rings (SSSR count). The predicted octanol–water partition coefficient (Wildman–Crippen LogP) is 6.17. The van der Waals surface area contributed by atoms with E-state index in [0.29, 0.717) is 11.6 Å². The van der Waals surface area contributed by atoms with E-state index < -0.39 is 0 Å². The quantitative estimate of drug-likeness (QED) is 0.379. The van der Waals surface area contributed by atoms with Crippen LogP contribution < -0.4 is 0 Å². The van der Waals surface area contributed by atoms with Crippen molar-refractivity contribution >= 4 is 60.5 Å². The van der Waals surface area contributed by atoms with Gasteiger partial charge in [0.05, 0.1) is 17.7 Å². The van der Waals surface area contributed by atoms with Gasteiger partial charge in [0.15, 0.2) is 0 Å². The second-order valence-corrected chi connectivity index (χ2v) is 8.50. The maximum atomic E-state index is 6.27. The van der Waals surface area contributed by atoms with Crippen molar-refractivity contribution in [2.24, 2.45) is 0 Å². The van der Waals surface area contributed by atoms with Gasteiger partial charge < -0.3 is 9.30 Å². The second-order valence-electron chi connectivity index (χ2n) is 5.45. The van der Waals surface area contributed by atoms with E-state index in [-0.39, 0.29) is 6.10 Å². The van der Waals surface area contributed by atoms with Crippen LogP contribution in [0.2, 0.25) is 0 Å². The second kappa shape index (κ2) is 8.58. The number of hydrogen-bond acceptors (Lipinski definition) is 4. The molecule has 0 fully saturated rings. The van der Waals surface area contributed by atoms with E-state index in [1.807, 2.05) is 29.0 Å². The molecule has 25 heavy (non-hydrogen) atoms. The lowest BCUT2D eigenvalue weighted by molar-refractivity contribution is 0.176. The zero-order valence-electron chi connectivity index (χ0n) is 13.5. The predicted molar refractivity (Wildman–Crippen MR) is 113 cm³/mol. The molecule has 0 aliphatic rings. The molecule has 1 unspecified atom stereocenters. The van der Waals surface area contributed by atoms with Crippen LogP contribution >= 0.6 is 55.4 Å². The average molecular weight is 500 g/mol. The standard InChI is InChI=1S/C18H16Br2N2OS2/c1-2-12-5-8-25-17(12)18(24)23-16(10-22-7-6-21-11-22)14-4-3-13(19)9-15(14)20/h3-9,11,16H,2,10H2,1H3. The van der Waals surface area contributed by atoms with E-state index in [9.17, 15) is 0 Å². The van der Waals surface area contributed by atoms with Crippen molar-refractivity contribution in [1.82, 2.24) is 9.55 Å². The number of thiophene rings is 1. The van der Waals surface area contributed by atoms with Crippen LogP contribution in [0.3, 0.4) is 0 Å². The first-order valence-electron chi connectivity index (χ1n) is 7.76. The van der Waals surface area contributed by atoms with Crippen LogP contribution in [-0.2, 0) is 17.7 Å². The minimum absolute atomic E-state index is 0.212. The third-order valence-electron chi connectivity index (χ3n) is 3.81. The largest absolute Gasteiger partial charge is 0.472 e. The highest BCUT2D eigenvalue weighted by molar-refractivity contribution is 9.11. The van der Waals surface area contributed by atoms with Crippen LogP contribution in [0.15, 0.2) is 57.3 Å².